The van der Waals surface area contributed by atoms with E-state index in [0.29, 0.717) is 30.3 Å². The van der Waals surface area contributed by atoms with Gasteiger partial charge in [0.05, 0.1) is 18.8 Å². The molecule has 1 N–H and O–H groups in total. The summed E-state index contributed by atoms with van der Waals surface area (Å²) < 4.78 is 11.1. The van der Waals surface area contributed by atoms with E-state index in [0.717, 1.165) is 67.6 Å². The first-order valence-electron chi connectivity index (χ1n) is 15.7. The highest BCUT2D eigenvalue weighted by molar-refractivity contribution is 5.90. The molecule has 1 aromatic carbocycles. The van der Waals surface area contributed by atoms with Gasteiger partial charge in [-0.1, -0.05) is 52.0 Å². The summed E-state index contributed by atoms with van der Waals surface area (Å²) in [6.45, 7) is 8.55. The Bertz CT molecular complexity index is 906. The maximum Gasteiger partial charge on any atom is 0.335 e. The SMILES string of the molecule is C=C(C)C(=O)OCCCCCCOc1ccc(C(=O)O)c([C@H]2CC[C@H]([C@H]3CC[C@H](CCCCC)CC3)CC2)c1. The van der Waals surface area contributed by atoms with Gasteiger partial charge in [0.15, 0.2) is 0 Å². The van der Waals surface area contributed by atoms with E-state index < -0.39 is 5.97 Å². The van der Waals surface area contributed by atoms with Crippen molar-refractivity contribution in [3.8, 4) is 5.75 Å². The van der Waals surface area contributed by atoms with E-state index in [2.05, 4.69) is 13.5 Å². The van der Waals surface area contributed by atoms with Crippen molar-refractivity contribution in [3.63, 3.8) is 0 Å². The molecule has 0 aromatic heterocycles. The maximum absolute atomic E-state index is 12.0. The van der Waals surface area contributed by atoms with Crippen LogP contribution in [0, 0.1) is 17.8 Å². The van der Waals surface area contributed by atoms with Crippen molar-refractivity contribution < 1.29 is 24.2 Å². The fourth-order valence-electron chi connectivity index (χ4n) is 6.73. The van der Waals surface area contributed by atoms with Crippen molar-refractivity contribution in [1.29, 1.82) is 0 Å². The van der Waals surface area contributed by atoms with Gasteiger partial charge < -0.3 is 14.6 Å². The molecule has 39 heavy (non-hydrogen) atoms. The van der Waals surface area contributed by atoms with Gasteiger partial charge in [0.2, 0.25) is 0 Å². The molecule has 0 heterocycles. The third kappa shape index (κ3) is 10.3. The Morgan fingerprint density at radius 2 is 1.51 bits per heavy atom. The predicted octanol–water partition coefficient (Wildman–Crippen LogP) is 9.10. The molecule has 0 saturated heterocycles. The Hall–Kier alpha value is -2.30. The average molecular weight is 541 g/mol. The second-order valence-electron chi connectivity index (χ2n) is 12.1. The number of carboxylic acid groups (broad SMARTS) is 1. The van der Waals surface area contributed by atoms with Gasteiger partial charge in [0.1, 0.15) is 5.75 Å². The number of rotatable bonds is 16. The summed E-state index contributed by atoms with van der Waals surface area (Å²) in [4.78, 5) is 23.4. The molecular weight excluding hydrogens is 488 g/mol. The zero-order valence-corrected chi connectivity index (χ0v) is 24.6. The minimum atomic E-state index is -0.840. The van der Waals surface area contributed by atoms with Gasteiger partial charge >= 0.3 is 11.9 Å². The van der Waals surface area contributed by atoms with Gasteiger partial charge in [-0.25, -0.2) is 9.59 Å². The molecular formula is C34H52O5. The maximum atomic E-state index is 12.0. The first-order chi connectivity index (χ1) is 18.9. The second kappa shape index (κ2) is 16.7. The predicted molar refractivity (Wildman–Crippen MR) is 157 cm³/mol. The fraction of sp³-hybridized carbons (Fsp3) is 0.706. The fourth-order valence-corrected chi connectivity index (χ4v) is 6.73. The highest BCUT2D eigenvalue weighted by Crippen LogP contribution is 2.45. The monoisotopic (exact) mass is 540 g/mol. The number of carbonyl (C=O) groups excluding carboxylic acids is 1. The van der Waals surface area contributed by atoms with Crippen LogP contribution in [0.25, 0.3) is 0 Å². The van der Waals surface area contributed by atoms with E-state index in [1.54, 1.807) is 19.1 Å². The largest absolute Gasteiger partial charge is 0.494 e. The van der Waals surface area contributed by atoms with E-state index in [-0.39, 0.29) is 5.97 Å². The molecule has 2 saturated carbocycles. The molecule has 0 amide bonds. The molecule has 0 bridgehead atoms. The molecule has 1 aromatic rings. The lowest BCUT2D eigenvalue weighted by Crippen LogP contribution is -2.26. The van der Waals surface area contributed by atoms with Crippen molar-refractivity contribution >= 4 is 11.9 Å². The molecule has 5 heteroatoms. The Morgan fingerprint density at radius 1 is 0.872 bits per heavy atom. The van der Waals surface area contributed by atoms with Crippen LogP contribution >= 0.6 is 0 Å². The first kappa shape index (κ1) is 31.2. The second-order valence-corrected chi connectivity index (χ2v) is 12.1. The van der Waals surface area contributed by atoms with Gasteiger partial charge in [0, 0.05) is 5.57 Å². The molecule has 2 aliphatic carbocycles. The number of hydrogen-bond donors (Lipinski definition) is 1. The van der Waals surface area contributed by atoms with E-state index >= 15 is 0 Å². The number of carboxylic acids is 1. The minimum Gasteiger partial charge on any atom is -0.494 e. The van der Waals surface area contributed by atoms with Crippen molar-refractivity contribution in [2.45, 2.75) is 122 Å². The Labute approximate surface area is 236 Å². The minimum absolute atomic E-state index is 0.309. The number of benzene rings is 1. The van der Waals surface area contributed by atoms with E-state index in [1.807, 2.05) is 6.07 Å². The standard InChI is InChI=1S/C34H52O5/c1-4-5-8-11-26-12-14-27(15-13-26)28-16-18-29(19-17-28)32-24-30(20-21-31(32)33(35)36)38-22-9-6-7-10-23-39-34(37)25(2)3/h20-21,24,26-29H,2,4-19,22-23H2,1,3H3,(H,35,36)/t26-,27-,28-,29-. The molecule has 5 nitrogen and oxygen atoms in total. The zero-order valence-electron chi connectivity index (χ0n) is 24.6. The van der Waals surface area contributed by atoms with Crippen molar-refractivity contribution in [2.24, 2.45) is 17.8 Å². The number of aromatic carboxylic acids is 1. The number of unbranched alkanes of at least 4 members (excludes halogenated alkanes) is 5. The lowest BCUT2D eigenvalue weighted by molar-refractivity contribution is -0.139. The average Bonchev–Trinajstić information content (AvgIpc) is 2.94. The third-order valence-electron chi connectivity index (χ3n) is 9.13. The molecule has 2 aliphatic rings. The molecule has 3 rings (SSSR count). The van der Waals surface area contributed by atoms with Crippen LogP contribution in [-0.2, 0) is 9.53 Å². The van der Waals surface area contributed by atoms with Crippen LogP contribution in [0.1, 0.15) is 138 Å². The van der Waals surface area contributed by atoms with Crippen LogP contribution in [0.15, 0.2) is 30.4 Å². The Balaban J connectivity index is 1.41. The van der Waals surface area contributed by atoms with Gasteiger partial charge in [-0.05, 0) is 119 Å². The third-order valence-corrected chi connectivity index (χ3v) is 9.13. The lowest BCUT2D eigenvalue weighted by Gasteiger charge is -2.38. The van der Waals surface area contributed by atoms with Crippen LogP contribution in [-0.4, -0.2) is 30.3 Å². The van der Waals surface area contributed by atoms with Crippen molar-refractivity contribution in [2.75, 3.05) is 13.2 Å². The molecule has 0 aliphatic heterocycles. The molecule has 0 radical (unpaired) electrons. The van der Waals surface area contributed by atoms with E-state index in [4.69, 9.17) is 9.47 Å². The zero-order chi connectivity index (χ0) is 28.0. The molecule has 2 fully saturated rings. The summed E-state index contributed by atoms with van der Waals surface area (Å²) in [5.41, 5.74) is 1.82. The van der Waals surface area contributed by atoms with E-state index in [9.17, 15) is 14.7 Å². The summed E-state index contributed by atoms with van der Waals surface area (Å²) in [6.07, 6.45) is 19.5. The highest BCUT2D eigenvalue weighted by atomic mass is 16.5. The van der Waals surface area contributed by atoms with E-state index in [1.165, 1.54) is 64.2 Å². The van der Waals surface area contributed by atoms with Crippen LogP contribution in [0.2, 0.25) is 0 Å². The molecule has 0 atom stereocenters. The summed E-state index contributed by atoms with van der Waals surface area (Å²) in [5, 5.41) is 9.85. The number of esters is 1. The highest BCUT2D eigenvalue weighted by Gasteiger charge is 2.32. The van der Waals surface area contributed by atoms with Crippen molar-refractivity contribution in [1.82, 2.24) is 0 Å². The van der Waals surface area contributed by atoms with Crippen LogP contribution in [0.4, 0.5) is 0 Å². The summed E-state index contributed by atoms with van der Waals surface area (Å²) >= 11 is 0. The summed E-state index contributed by atoms with van der Waals surface area (Å²) in [7, 11) is 0. The normalized spacial score (nSPS) is 23.2. The molecule has 218 valence electrons. The van der Waals surface area contributed by atoms with Crippen LogP contribution in [0.3, 0.4) is 0 Å². The molecule has 0 unspecified atom stereocenters. The van der Waals surface area contributed by atoms with Gasteiger partial charge in [-0.3, -0.25) is 0 Å². The summed E-state index contributed by atoms with van der Waals surface area (Å²) in [5.74, 6) is 2.56. The Morgan fingerprint density at radius 3 is 2.13 bits per heavy atom. The topological polar surface area (TPSA) is 72.8 Å². The Kier molecular flexibility index (Phi) is 13.4. The van der Waals surface area contributed by atoms with Gasteiger partial charge in [-0.15, -0.1) is 0 Å². The van der Waals surface area contributed by atoms with Crippen molar-refractivity contribution in [3.05, 3.63) is 41.5 Å². The van der Waals surface area contributed by atoms with Gasteiger partial charge in [-0.2, -0.15) is 0 Å². The quantitative estimate of drug-likeness (QED) is 0.129. The molecule has 0 spiro atoms. The smallest absolute Gasteiger partial charge is 0.335 e. The number of hydrogen-bond acceptors (Lipinski definition) is 4. The first-order valence-corrected chi connectivity index (χ1v) is 15.7. The number of ether oxygens (including phenoxy) is 2. The lowest BCUT2D eigenvalue weighted by atomic mass is 9.67. The van der Waals surface area contributed by atoms with Crippen LogP contribution in [0.5, 0.6) is 5.75 Å². The number of carbonyl (C=O) groups is 2. The van der Waals surface area contributed by atoms with Gasteiger partial charge in [0.25, 0.3) is 0 Å². The summed E-state index contributed by atoms with van der Waals surface area (Å²) in [6, 6.07) is 5.52. The van der Waals surface area contributed by atoms with Crippen LogP contribution < -0.4 is 4.74 Å².